The monoisotopic (exact) mass is 227 g/mol. The van der Waals surface area contributed by atoms with Crippen LogP contribution >= 0.6 is 0 Å². The van der Waals surface area contributed by atoms with E-state index in [1.165, 1.54) is 10.8 Å². The van der Waals surface area contributed by atoms with Crippen LogP contribution in [-0.4, -0.2) is 13.1 Å². The van der Waals surface area contributed by atoms with E-state index in [1.807, 2.05) is 18.3 Å². The van der Waals surface area contributed by atoms with Crippen molar-refractivity contribution in [3.8, 4) is 11.3 Å². The molecule has 1 aromatic heterocycles. The smallest absolute Gasteiger partial charge is 0.0776 e. The van der Waals surface area contributed by atoms with Crippen LogP contribution in [0, 0.1) is 0 Å². The molecule has 16 heavy (non-hydrogen) atoms. The van der Waals surface area contributed by atoms with E-state index in [1.54, 1.807) is 0 Å². The van der Waals surface area contributed by atoms with E-state index < -0.39 is 8.07 Å². The van der Waals surface area contributed by atoms with E-state index in [0.717, 1.165) is 5.69 Å². The van der Waals surface area contributed by atoms with Crippen LogP contribution in [0.3, 0.4) is 0 Å². The number of nitrogens with zero attached hydrogens (tertiary/aromatic N) is 1. The average molecular weight is 227 g/mol. The second-order valence-electron chi connectivity index (χ2n) is 5.05. The van der Waals surface area contributed by atoms with Crippen LogP contribution in [0.2, 0.25) is 19.6 Å². The van der Waals surface area contributed by atoms with Crippen molar-refractivity contribution in [3.63, 3.8) is 0 Å². The van der Waals surface area contributed by atoms with Gasteiger partial charge in [-0.1, -0.05) is 55.2 Å². The number of hydrogen-bond acceptors (Lipinski definition) is 1. The molecule has 2 aromatic rings. The normalized spacial score (nSPS) is 11.4. The topological polar surface area (TPSA) is 12.9 Å². The summed E-state index contributed by atoms with van der Waals surface area (Å²) in [6.45, 7) is 7.10. The fourth-order valence-corrected chi connectivity index (χ4v) is 2.86. The minimum atomic E-state index is -1.23. The first-order valence-electron chi connectivity index (χ1n) is 5.59. The lowest BCUT2D eigenvalue weighted by atomic mass is 10.1. The molecule has 0 bridgehead atoms. The number of hydrogen-bond donors (Lipinski definition) is 0. The molecule has 1 aromatic carbocycles. The van der Waals surface area contributed by atoms with Gasteiger partial charge in [-0.15, -0.1) is 0 Å². The molecule has 0 spiro atoms. The Balaban J connectivity index is 2.45. The Morgan fingerprint density at radius 2 is 1.75 bits per heavy atom. The van der Waals surface area contributed by atoms with Gasteiger partial charge in [-0.25, -0.2) is 0 Å². The molecule has 0 aliphatic rings. The third kappa shape index (κ3) is 2.39. The molecule has 0 unspecified atom stereocenters. The predicted molar refractivity (Wildman–Crippen MR) is 72.7 cm³/mol. The predicted octanol–water partition coefficient (Wildman–Crippen LogP) is 3.29. The Hall–Kier alpha value is -1.41. The van der Waals surface area contributed by atoms with E-state index in [-0.39, 0.29) is 0 Å². The molecule has 0 amide bonds. The maximum atomic E-state index is 4.39. The highest BCUT2D eigenvalue weighted by molar-refractivity contribution is 6.88. The van der Waals surface area contributed by atoms with Crippen molar-refractivity contribution in [3.05, 3.63) is 48.7 Å². The quantitative estimate of drug-likeness (QED) is 0.717. The lowest BCUT2D eigenvalue weighted by molar-refractivity contribution is 1.33. The molecule has 1 nitrogen and oxygen atoms in total. The maximum Gasteiger partial charge on any atom is 0.0776 e. The molecule has 0 aliphatic heterocycles. The molecular weight excluding hydrogens is 210 g/mol. The summed E-state index contributed by atoms with van der Waals surface area (Å²) in [4.78, 5) is 4.39. The number of benzene rings is 1. The van der Waals surface area contributed by atoms with Gasteiger partial charge in [-0.3, -0.25) is 4.98 Å². The molecule has 0 atom stereocenters. The van der Waals surface area contributed by atoms with Gasteiger partial charge < -0.3 is 0 Å². The van der Waals surface area contributed by atoms with E-state index in [2.05, 4.69) is 55.0 Å². The van der Waals surface area contributed by atoms with Gasteiger partial charge >= 0.3 is 0 Å². The molecule has 0 radical (unpaired) electrons. The van der Waals surface area contributed by atoms with Crippen molar-refractivity contribution >= 4 is 13.3 Å². The molecule has 2 rings (SSSR count). The first-order valence-corrected chi connectivity index (χ1v) is 9.09. The lowest BCUT2D eigenvalue weighted by Crippen LogP contribution is -2.37. The first-order chi connectivity index (χ1) is 7.57. The average Bonchev–Trinajstić information content (AvgIpc) is 2.29. The SMILES string of the molecule is C[Si](C)(C)c1cccc(-c2ccccn2)c1. The summed E-state index contributed by atoms with van der Waals surface area (Å²) in [5.41, 5.74) is 2.28. The summed E-state index contributed by atoms with van der Waals surface area (Å²) in [7, 11) is -1.23. The fraction of sp³-hybridized carbons (Fsp3) is 0.214. The van der Waals surface area contributed by atoms with Crippen LogP contribution in [0.15, 0.2) is 48.7 Å². The second-order valence-corrected chi connectivity index (χ2v) is 10.1. The van der Waals surface area contributed by atoms with Gasteiger partial charge in [0.1, 0.15) is 0 Å². The Morgan fingerprint density at radius 3 is 2.38 bits per heavy atom. The zero-order valence-corrected chi connectivity index (χ0v) is 11.1. The van der Waals surface area contributed by atoms with Gasteiger partial charge in [0.2, 0.25) is 0 Å². The van der Waals surface area contributed by atoms with Gasteiger partial charge in [-0.2, -0.15) is 0 Å². The molecule has 0 N–H and O–H groups in total. The third-order valence-corrected chi connectivity index (χ3v) is 4.73. The van der Waals surface area contributed by atoms with Crippen LogP contribution < -0.4 is 5.19 Å². The lowest BCUT2D eigenvalue weighted by Gasteiger charge is -2.17. The van der Waals surface area contributed by atoms with Crippen molar-refractivity contribution < 1.29 is 0 Å². The highest BCUT2D eigenvalue weighted by Gasteiger charge is 2.16. The van der Waals surface area contributed by atoms with Crippen LogP contribution in [0.4, 0.5) is 0 Å². The van der Waals surface area contributed by atoms with Crippen LogP contribution in [0.25, 0.3) is 11.3 Å². The van der Waals surface area contributed by atoms with E-state index in [0.29, 0.717) is 0 Å². The van der Waals surface area contributed by atoms with E-state index >= 15 is 0 Å². The minimum absolute atomic E-state index is 1.06. The highest BCUT2D eigenvalue weighted by atomic mass is 28.3. The Kier molecular flexibility index (Phi) is 2.92. The minimum Gasteiger partial charge on any atom is -0.256 e. The number of pyridine rings is 1. The zero-order chi connectivity index (χ0) is 11.6. The molecule has 2 heteroatoms. The number of aromatic nitrogens is 1. The summed E-state index contributed by atoms with van der Waals surface area (Å²) in [5, 5.41) is 1.48. The van der Waals surface area contributed by atoms with Crippen molar-refractivity contribution in [1.82, 2.24) is 4.98 Å². The number of rotatable bonds is 2. The van der Waals surface area contributed by atoms with E-state index in [9.17, 15) is 0 Å². The van der Waals surface area contributed by atoms with Gasteiger partial charge in [-0.05, 0) is 17.7 Å². The fourth-order valence-electron chi connectivity index (χ4n) is 1.68. The van der Waals surface area contributed by atoms with Crippen molar-refractivity contribution in [1.29, 1.82) is 0 Å². The zero-order valence-electron chi connectivity index (χ0n) is 10.1. The van der Waals surface area contributed by atoms with Crippen LogP contribution in [0.5, 0.6) is 0 Å². The van der Waals surface area contributed by atoms with Crippen molar-refractivity contribution in [2.24, 2.45) is 0 Å². The standard InChI is InChI=1S/C14H17NSi/c1-16(2,3)13-8-6-7-12(11-13)14-9-4-5-10-15-14/h4-11H,1-3H3. The summed E-state index contributed by atoms with van der Waals surface area (Å²) in [6.07, 6.45) is 1.84. The third-order valence-electron chi connectivity index (χ3n) is 2.69. The summed E-state index contributed by atoms with van der Waals surface area (Å²) < 4.78 is 0. The van der Waals surface area contributed by atoms with Crippen LogP contribution in [-0.2, 0) is 0 Å². The summed E-state index contributed by atoms with van der Waals surface area (Å²) >= 11 is 0. The maximum absolute atomic E-state index is 4.39. The molecule has 0 saturated carbocycles. The molecule has 82 valence electrons. The Labute approximate surface area is 98.2 Å². The highest BCUT2D eigenvalue weighted by Crippen LogP contribution is 2.15. The van der Waals surface area contributed by atoms with E-state index in [4.69, 9.17) is 0 Å². The van der Waals surface area contributed by atoms with Gasteiger partial charge in [0.05, 0.1) is 13.8 Å². The van der Waals surface area contributed by atoms with Crippen LogP contribution in [0.1, 0.15) is 0 Å². The van der Waals surface area contributed by atoms with Crippen molar-refractivity contribution in [2.75, 3.05) is 0 Å². The summed E-state index contributed by atoms with van der Waals surface area (Å²) in [6, 6.07) is 14.8. The molecule has 0 fully saturated rings. The first kappa shape index (κ1) is 11.1. The Morgan fingerprint density at radius 1 is 0.938 bits per heavy atom. The molecular formula is C14H17NSi. The summed E-state index contributed by atoms with van der Waals surface area (Å²) in [5.74, 6) is 0. The van der Waals surface area contributed by atoms with Gasteiger partial charge in [0, 0.05) is 6.20 Å². The molecule has 0 saturated heterocycles. The second kappa shape index (κ2) is 4.22. The Bertz CT molecular complexity index is 472. The van der Waals surface area contributed by atoms with Crippen molar-refractivity contribution in [2.45, 2.75) is 19.6 Å². The largest absolute Gasteiger partial charge is 0.256 e. The van der Waals surface area contributed by atoms with Gasteiger partial charge in [0.25, 0.3) is 0 Å². The van der Waals surface area contributed by atoms with Gasteiger partial charge in [0.15, 0.2) is 0 Å². The molecule has 1 heterocycles. The molecule has 0 aliphatic carbocycles.